The second kappa shape index (κ2) is 6.57. The monoisotopic (exact) mass is 315 g/mol. The summed E-state index contributed by atoms with van der Waals surface area (Å²) in [4.78, 5) is 32.4. The first kappa shape index (κ1) is 15.2. The molecule has 0 unspecified atom stereocenters. The summed E-state index contributed by atoms with van der Waals surface area (Å²) in [5.74, 6) is 0.151. The molecule has 0 radical (unpaired) electrons. The summed E-state index contributed by atoms with van der Waals surface area (Å²) in [7, 11) is 0. The fourth-order valence-corrected chi connectivity index (χ4v) is 2.74. The van der Waals surface area contributed by atoms with Crippen molar-refractivity contribution >= 4 is 11.5 Å². The number of hydrogen-bond acceptors (Lipinski definition) is 6. The summed E-state index contributed by atoms with van der Waals surface area (Å²) in [5, 5.41) is 11.1. The van der Waals surface area contributed by atoms with Gasteiger partial charge in [-0.25, -0.2) is 4.98 Å². The molecule has 120 valence electrons. The van der Waals surface area contributed by atoms with Gasteiger partial charge in [0.1, 0.15) is 0 Å². The first-order valence-electron chi connectivity index (χ1n) is 7.38. The smallest absolute Gasteiger partial charge is 0.348 e. The quantitative estimate of drug-likeness (QED) is 0.668. The van der Waals surface area contributed by atoms with Crippen molar-refractivity contribution in [3.63, 3.8) is 0 Å². The summed E-state index contributed by atoms with van der Waals surface area (Å²) < 4.78 is 0. The number of benzene rings is 1. The number of nitrogens with one attached hydrogen (secondary N) is 1. The largest absolute Gasteiger partial charge is 0.375 e. The van der Waals surface area contributed by atoms with Crippen LogP contribution >= 0.6 is 0 Å². The molecule has 3 rings (SSSR count). The molecule has 0 spiro atoms. The molecule has 0 aliphatic carbocycles. The molecule has 0 saturated carbocycles. The van der Waals surface area contributed by atoms with Gasteiger partial charge in [0.05, 0.1) is 11.3 Å². The van der Waals surface area contributed by atoms with Gasteiger partial charge in [-0.3, -0.25) is 19.8 Å². The van der Waals surface area contributed by atoms with Crippen LogP contribution in [0.2, 0.25) is 0 Å². The van der Waals surface area contributed by atoms with E-state index in [0.717, 1.165) is 19.6 Å². The zero-order valence-corrected chi connectivity index (χ0v) is 12.5. The van der Waals surface area contributed by atoms with Gasteiger partial charge in [0.15, 0.2) is 0 Å². The average Bonchev–Trinajstić information content (AvgIpc) is 2.56. The second-order valence-electron chi connectivity index (χ2n) is 5.41. The van der Waals surface area contributed by atoms with Crippen LogP contribution in [0.3, 0.4) is 0 Å². The van der Waals surface area contributed by atoms with E-state index in [1.807, 2.05) is 18.2 Å². The Morgan fingerprint density at radius 1 is 1.17 bits per heavy atom. The van der Waals surface area contributed by atoms with Crippen LogP contribution in [-0.2, 0) is 6.54 Å². The zero-order chi connectivity index (χ0) is 16.2. The van der Waals surface area contributed by atoms with Crippen molar-refractivity contribution < 1.29 is 4.92 Å². The van der Waals surface area contributed by atoms with Crippen LogP contribution in [0.5, 0.6) is 0 Å². The maximum atomic E-state index is 11.7. The third-order valence-electron chi connectivity index (χ3n) is 3.91. The highest BCUT2D eigenvalue weighted by Gasteiger charge is 2.27. The highest BCUT2D eigenvalue weighted by Crippen LogP contribution is 2.22. The molecule has 23 heavy (non-hydrogen) atoms. The summed E-state index contributed by atoms with van der Waals surface area (Å²) in [6.07, 6.45) is 1.21. The minimum atomic E-state index is -0.716. The van der Waals surface area contributed by atoms with Crippen LogP contribution in [0.1, 0.15) is 5.56 Å². The third kappa shape index (κ3) is 3.37. The Labute approximate surface area is 132 Å². The molecule has 1 aliphatic heterocycles. The lowest BCUT2D eigenvalue weighted by Crippen LogP contribution is -2.46. The molecule has 0 bridgehead atoms. The van der Waals surface area contributed by atoms with E-state index < -0.39 is 16.2 Å². The maximum Gasteiger partial charge on any atom is 0.375 e. The predicted octanol–water partition coefficient (Wildman–Crippen LogP) is 1.00. The number of piperazine rings is 1. The van der Waals surface area contributed by atoms with Crippen LogP contribution < -0.4 is 10.5 Å². The summed E-state index contributed by atoms with van der Waals surface area (Å²) in [6.45, 7) is 3.58. The van der Waals surface area contributed by atoms with Crippen LogP contribution in [0.25, 0.3) is 0 Å². The van der Waals surface area contributed by atoms with Crippen LogP contribution in [-0.4, -0.2) is 46.0 Å². The topological polar surface area (TPSA) is 95.4 Å². The Balaban J connectivity index is 1.69. The normalized spacial score (nSPS) is 15.6. The van der Waals surface area contributed by atoms with Crippen molar-refractivity contribution in [3.05, 3.63) is 62.7 Å². The van der Waals surface area contributed by atoms with Crippen molar-refractivity contribution in [1.82, 2.24) is 14.9 Å². The van der Waals surface area contributed by atoms with E-state index in [0.29, 0.717) is 13.1 Å². The van der Waals surface area contributed by atoms with Gasteiger partial charge in [-0.05, 0) is 5.56 Å². The number of anilines is 1. The molecule has 1 N–H and O–H groups in total. The van der Waals surface area contributed by atoms with Gasteiger partial charge in [-0.1, -0.05) is 30.3 Å². The molecule has 1 aromatic heterocycles. The molecule has 1 fully saturated rings. The molecular weight excluding hydrogens is 298 g/mol. The van der Waals surface area contributed by atoms with E-state index in [9.17, 15) is 14.9 Å². The predicted molar refractivity (Wildman–Crippen MR) is 85.4 cm³/mol. The summed E-state index contributed by atoms with van der Waals surface area (Å²) in [5.41, 5.74) is 0.0388. The van der Waals surface area contributed by atoms with Crippen molar-refractivity contribution in [2.45, 2.75) is 6.54 Å². The minimum absolute atomic E-state index is 0.151. The number of aromatic nitrogens is 2. The standard InChI is InChI=1S/C15H17N5O3/c21-15-13(20(22)23)14(16-11-17-15)19-8-6-18(7-9-19)10-12-4-2-1-3-5-12/h1-5,11H,6-10H2,(H,16,17,21). The molecular formula is C15H17N5O3. The van der Waals surface area contributed by atoms with Gasteiger partial charge in [0, 0.05) is 32.7 Å². The lowest BCUT2D eigenvalue weighted by atomic mass is 10.2. The summed E-state index contributed by atoms with van der Waals surface area (Å²) in [6, 6.07) is 10.2. The van der Waals surface area contributed by atoms with Gasteiger partial charge in [0.25, 0.3) is 0 Å². The molecule has 1 aromatic carbocycles. The van der Waals surface area contributed by atoms with Crippen LogP contribution in [0.4, 0.5) is 11.5 Å². The van der Waals surface area contributed by atoms with Crippen molar-refractivity contribution in [2.24, 2.45) is 0 Å². The Hall–Kier alpha value is -2.74. The number of nitrogens with zero attached hydrogens (tertiary/aromatic N) is 4. The van der Waals surface area contributed by atoms with E-state index in [4.69, 9.17) is 0 Å². The molecule has 1 saturated heterocycles. The van der Waals surface area contributed by atoms with E-state index in [1.165, 1.54) is 11.9 Å². The Bertz CT molecular complexity index is 738. The van der Waals surface area contributed by atoms with Gasteiger partial charge in [0.2, 0.25) is 5.82 Å². The van der Waals surface area contributed by atoms with Crippen LogP contribution in [0, 0.1) is 10.1 Å². The van der Waals surface area contributed by atoms with E-state index in [-0.39, 0.29) is 5.82 Å². The number of rotatable bonds is 4. The first-order chi connectivity index (χ1) is 11.1. The van der Waals surface area contributed by atoms with Gasteiger partial charge >= 0.3 is 11.2 Å². The van der Waals surface area contributed by atoms with Gasteiger partial charge in [-0.15, -0.1) is 0 Å². The molecule has 2 aromatic rings. The Kier molecular flexibility index (Phi) is 4.33. The van der Waals surface area contributed by atoms with E-state index in [2.05, 4.69) is 27.0 Å². The number of hydrogen-bond donors (Lipinski definition) is 1. The second-order valence-corrected chi connectivity index (χ2v) is 5.41. The zero-order valence-electron chi connectivity index (χ0n) is 12.5. The molecule has 8 nitrogen and oxygen atoms in total. The average molecular weight is 315 g/mol. The molecule has 0 amide bonds. The lowest BCUT2D eigenvalue weighted by Gasteiger charge is -2.34. The van der Waals surface area contributed by atoms with E-state index >= 15 is 0 Å². The molecule has 8 heteroatoms. The minimum Gasteiger partial charge on any atom is -0.348 e. The van der Waals surface area contributed by atoms with E-state index in [1.54, 1.807) is 4.90 Å². The molecule has 0 atom stereocenters. The fourth-order valence-electron chi connectivity index (χ4n) is 2.74. The molecule has 2 heterocycles. The number of aromatic amines is 1. The SMILES string of the molecule is O=c1[nH]cnc(N2CCN(Cc3ccccc3)CC2)c1[N+](=O)[O-]. The van der Waals surface area contributed by atoms with Crippen molar-refractivity contribution in [3.8, 4) is 0 Å². The van der Waals surface area contributed by atoms with Crippen molar-refractivity contribution in [2.75, 3.05) is 31.1 Å². The lowest BCUT2D eigenvalue weighted by molar-refractivity contribution is -0.385. The highest BCUT2D eigenvalue weighted by atomic mass is 16.6. The van der Waals surface area contributed by atoms with Gasteiger partial charge < -0.3 is 9.88 Å². The third-order valence-corrected chi connectivity index (χ3v) is 3.91. The molecule has 1 aliphatic rings. The van der Waals surface area contributed by atoms with Gasteiger partial charge in [-0.2, -0.15) is 0 Å². The van der Waals surface area contributed by atoms with Crippen LogP contribution in [0.15, 0.2) is 41.5 Å². The highest BCUT2D eigenvalue weighted by molar-refractivity contribution is 5.56. The van der Waals surface area contributed by atoms with Crippen molar-refractivity contribution in [1.29, 1.82) is 0 Å². The Morgan fingerprint density at radius 2 is 1.87 bits per heavy atom. The fraction of sp³-hybridized carbons (Fsp3) is 0.333. The maximum absolute atomic E-state index is 11.7. The summed E-state index contributed by atoms with van der Waals surface area (Å²) >= 11 is 0. The Morgan fingerprint density at radius 3 is 2.52 bits per heavy atom. The number of H-pyrrole nitrogens is 1. The number of nitro groups is 1. The first-order valence-corrected chi connectivity index (χ1v) is 7.38.